The Bertz CT molecular complexity index is 966. The maximum absolute atomic E-state index is 11.7. The fourth-order valence-electron chi connectivity index (χ4n) is 2.41. The predicted octanol–water partition coefficient (Wildman–Crippen LogP) is 1.96. The average Bonchev–Trinajstić information content (AvgIpc) is 3.08. The lowest BCUT2D eigenvalue weighted by atomic mass is 10.1. The number of carbonyl (C=O) groups excluding carboxylic acids is 2. The first-order valence-corrected chi connectivity index (χ1v) is 7.74. The zero-order chi connectivity index (χ0) is 16.0. The van der Waals surface area contributed by atoms with Gasteiger partial charge >= 0.3 is 0 Å². The molecule has 0 fully saturated rings. The number of amides is 2. The highest BCUT2D eigenvalue weighted by molar-refractivity contribution is 7.21. The first-order chi connectivity index (χ1) is 11.1. The molecular weight excluding hydrogens is 314 g/mol. The van der Waals surface area contributed by atoms with Crippen LogP contribution in [-0.4, -0.2) is 26.8 Å². The summed E-state index contributed by atoms with van der Waals surface area (Å²) in [5.41, 5.74) is 3.55. The van der Waals surface area contributed by atoms with Gasteiger partial charge in [0, 0.05) is 18.7 Å². The summed E-state index contributed by atoms with van der Waals surface area (Å²) < 4.78 is 0. The Kier molecular flexibility index (Phi) is 3.05. The number of nitrogens with zero attached hydrogens (tertiary/aromatic N) is 3. The third-order valence-electron chi connectivity index (χ3n) is 3.47. The molecular formula is C15H11N5O2S. The summed E-state index contributed by atoms with van der Waals surface area (Å²) in [6.45, 7) is 1.90. The molecule has 8 heteroatoms. The Hall–Kier alpha value is -2.87. The van der Waals surface area contributed by atoms with Crippen molar-refractivity contribution in [2.75, 3.05) is 5.32 Å². The molecule has 23 heavy (non-hydrogen) atoms. The second-order valence-electron chi connectivity index (χ2n) is 5.12. The van der Waals surface area contributed by atoms with Gasteiger partial charge in [0.15, 0.2) is 5.13 Å². The van der Waals surface area contributed by atoms with Crippen LogP contribution in [0.5, 0.6) is 0 Å². The lowest BCUT2D eigenvalue weighted by Crippen LogP contribution is -2.12. The van der Waals surface area contributed by atoms with E-state index in [0.717, 1.165) is 21.6 Å². The molecule has 1 aliphatic heterocycles. The highest BCUT2D eigenvalue weighted by Gasteiger charge is 2.21. The molecule has 2 N–H and O–H groups in total. The maximum atomic E-state index is 11.7. The molecule has 3 aromatic rings. The van der Waals surface area contributed by atoms with E-state index < -0.39 is 0 Å². The lowest BCUT2D eigenvalue weighted by Gasteiger charge is -2.02. The Morgan fingerprint density at radius 1 is 1.35 bits per heavy atom. The van der Waals surface area contributed by atoms with Crippen LogP contribution in [0.3, 0.4) is 0 Å². The molecule has 114 valence electrons. The zero-order valence-electron chi connectivity index (χ0n) is 12.1. The van der Waals surface area contributed by atoms with Gasteiger partial charge in [0.05, 0.1) is 23.5 Å². The van der Waals surface area contributed by atoms with E-state index in [-0.39, 0.29) is 11.8 Å². The van der Waals surface area contributed by atoms with Crippen LogP contribution >= 0.6 is 11.3 Å². The highest BCUT2D eigenvalue weighted by atomic mass is 32.1. The van der Waals surface area contributed by atoms with Crippen LogP contribution in [0.15, 0.2) is 24.4 Å². The molecule has 0 saturated heterocycles. The monoisotopic (exact) mass is 325 g/mol. The molecule has 4 heterocycles. The van der Waals surface area contributed by atoms with Crippen molar-refractivity contribution in [1.29, 1.82) is 0 Å². The van der Waals surface area contributed by atoms with E-state index in [4.69, 9.17) is 0 Å². The van der Waals surface area contributed by atoms with Crippen LogP contribution in [0.4, 0.5) is 5.13 Å². The molecule has 1 aliphatic rings. The minimum atomic E-state index is -0.168. The van der Waals surface area contributed by atoms with E-state index in [1.165, 1.54) is 18.3 Å². The summed E-state index contributed by atoms with van der Waals surface area (Å²) in [5, 5.41) is 5.92. The van der Waals surface area contributed by atoms with Crippen LogP contribution in [0, 0.1) is 0 Å². The number of thiazole rings is 1. The van der Waals surface area contributed by atoms with Gasteiger partial charge in [-0.1, -0.05) is 11.3 Å². The van der Waals surface area contributed by atoms with E-state index in [0.29, 0.717) is 22.9 Å². The average molecular weight is 325 g/mol. The van der Waals surface area contributed by atoms with Gasteiger partial charge in [-0.15, -0.1) is 0 Å². The number of rotatable bonds is 2. The standard InChI is InChI=1S/C15H11N5O2S/c1-7(21)18-15-20-11-3-2-10(19-14(11)23-15)8-4-9-12(16-5-8)6-17-13(9)22/h2-5H,6H2,1H3,(H,17,22)(H,18,20,21). The number of carbonyl (C=O) groups is 2. The van der Waals surface area contributed by atoms with Crippen molar-refractivity contribution in [3.05, 3.63) is 35.7 Å². The van der Waals surface area contributed by atoms with E-state index in [9.17, 15) is 9.59 Å². The molecule has 0 spiro atoms. The first kappa shape index (κ1) is 13.8. The summed E-state index contributed by atoms with van der Waals surface area (Å²) in [5.74, 6) is -0.278. The quantitative estimate of drug-likeness (QED) is 0.750. The first-order valence-electron chi connectivity index (χ1n) is 6.93. The Labute approximate surface area is 134 Å². The van der Waals surface area contributed by atoms with E-state index in [2.05, 4.69) is 25.6 Å². The van der Waals surface area contributed by atoms with Crippen molar-refractivity contribution in [2.24, 2.45) is 0 Å². The van der Waals surface area contributed by atoms with Crippen LogP contribution in [0.2, 0.25) is 0 Å². The number of pyridine rings is 2. The molecule has 0 unspecified atom stereocenters. The number of anilines is 1. The molecule has 0 radical (unpaired) electrons. The third kappa shape index (κ3) is 2.42. The Balaban J connectivity index is 1.76. The SMILES string of the molecule is CC(=O)Nc1nc2ccc(-c3cnc4c(c3)C(=O)NC4)nc2s1. The van der Waals surface area contributed by atoms with Crippen LogP contribution in [0.1, 0.15) is 23.0 Å². The summed E-state index contributed by atoms with van der Waals surface area (Å²) in [6.07, 6.45) is 1.71. The van der Waals surface area contributed by atoms with Crippen molar-refractivity contribution >= 4 is 38.6 Å². The number of hydrogen-bond donors (Lipinski definition) is 2. The summed E-state index contributed by atoms with van der Waals surface area (Å²) in [7, 11) is 0. The summed E-state index contributed by atoms with van der Waals surface area (Å²) in [4.78, 5) is 36.7. The van der Waals surface area contributed by atoms with Crippen LogP contribution in [0.25, 0.3) is 21.6 Å². The number of fused-ring (bicyclic) bond motifs is 2. The van der Waals surface area contributed by atoms with Crippen molar-refractivity contribution in [3.8, 4) is 11.3 Å². The van der Waals surface area contributed by atoms with Gasteiger partial charge < -0.3 is 10.6 Å². The number of hydrogen-bond acceptors (Lipinski definition) is 6. The molecule has 4 rings (SSSR count). The molecule has 0 bridgehead atoms. The van der Waals surface area contributed by atoms with Gasteiger partial charge in [-0.25, -0.2) is 9.97 Å². The minimum Gasteiger partial charge on any atom is -0.346 e. The topological polar surface area (TPSA) is 96.9 Å². The summed E-state index contributed by atoms with van der Waals surface area (Å²) in [6, 6.07) is 5.47. The van der Waals surface area contributed by atoms with E-state index >= 15 is 0 Å². The second-order valence-corrected chi connectivity index (χ2v) is 6.10. The minimum absolute atomic E-state index is 0.110. The van der Waals surface area contributed by atoms with Crippen molar-refractivity contribution in [2.45, 2.75) is 13.5 Å². The summed E-state index contributed by atoms with van der Waals surface area (Å²) >= 11 is 1.31. The molecule has 7 nitrogen and oxygen atoms in total. The molecule has 0 aromatic carbocycles. The molecule has 2 amide bonds. The highest BCUT2D eigenvalue weighted by Crippen LogP contribution is 2.28. The fourth-order valence-corrected chi connectivity index (χ4v) is 3.30. The smallest absolute Gasteiger partial charge is 0.253 e. The van der Waals surface area contributed by atoms with Gasteiger partial charge in [0.1, 0.15) is 10.3 Å². The van der Waals surface area contributed by atoms with Crippen molar-refractivity contribution in [1.82, 2.24) is 20.3 Å². The fraction of sp³-hybridized carbons (Fsp3) is 0.133. The van der Waals surface area contributed by atoms with Gasteiger partial charge in [-0.2, -0.15) is 0 Å². The predicted molar refractivity (Wildman–Crippen MR) is 86.1 cm³/mol. The van der Waals surface area contributed by atoms with Crippen molar-refractivity contribution < 1.29 is 9.59 Å². The molecule has 0 aliphatic carbocycles. The van der Waals surface area contributed by atoms with Gasteiger partial charge in [0.2, 0.25) is 5.91 Å². The van der Waals surface area contributed by atoms with Crippen LogP contribution in [-0.2, 0) is 11.3 Å². The third-order valence-corrected chi connectivity index (χ3v) is 4.35. The molecule has 0 atom stereocenters. The van der Waals surface area contributed by atoms with E-state index in [1.807, 2.05) is 12.1 Å². The maximum Gasteiger partial charge on any atom is 0.253 e. The Morgan fingerprint density at radius 2 is 2.22 bits per heavy atom. The lowest BCUT2D eigenvalue weighted by molar-refractivity contribution is -0.114. The van der Waals surface area contributed by atoms with Gasteiger partial charge in [-0.05, 0) is 18.2 Å². The van der Waals surface area contributed by atoms with Crippen molar-refractivity contribution in [3.63, 3.8) is 0 Å². The number of nitrogens with one attached hydrogen (secondary N) is 2. The normalized spacial score (nSPS) is 13.0. The Morgan fingerprint density at radius 3 is 3.04 bits per heavy atom. The van der Waals surface area contributed by atoms with Gasteiger partial charge in [-0.3, -0.25) is 14.6 Å². The molecule has 0 saturated carbocycles. The largest absolute Gasteiger partial charge is 0.346 e. The molecule has 3 aromatic heterocycles. The van der Waals surface area contributed by atoms with Gasteiger partial charge in [0.25, 0.3) is 5.91 Å². The van der Waals surface area contributed by atoms with E-state index in [1.54, 1.807) is 12.3 Å². The number of aromatic nitrogens is 3. The van der Waals surface area contributed by atoms with Crippen LogP contribution < -0.4 is 10.6 Å². The second kappa shape index (κ2) is 5.10. The zero-order valence-corrected chi connectivity index (χ0v) is 12.9.